The third-order valence-electron chi connectivity index (χ3n) is 4.72. The lowest BCUT2D eigenvalue weighted by atomic mass is 10.1. The average molecular weight is 362 g/mol. The van der Waals surface area contributed by atoms with Gasteiger partial charge in [0.15, 0.2) is 0 Å². The van der Waals surface area contributed by atoms with Gasteiger partial charge in [-0.25, -0.2) is 0 Å². The zero-order valence-electron chi connectivity index (χ0n) is 15.6. The fraction of sp³-hybridized carbons (Fsp3) is 0.227. The van der Waals surface area contributed by atoms with Crippen LogP contribution in [-0.2, 0) is 0 Å². The normalized spacial score (nSPS) is 16.0. The van der Waals surface area contributed by atoms with E-state index in [4.69, 9.17) is 11.1 Å². The van der Waals surface area contributed by atoms with Crippen LogP contribution in [0.15, 0.2) is 66.4 Å². The lowest BCUT2D eigenvalue weighted by molar-refractivity contribution is 0.313. The standard InChI is InChI=1S/C22H26N4O/c1-25-12-14-26(15-13-25)20-8-5-18(6-9-20)22(24)16-19(23)7-2-17-3-10-21(27)11-4-17/h2-11,16,24,27H,12-15,23H2,1H3/b7-2+,19-16-,24-22?. The highest BCUT2D eigenvalue weighted by molar-refractivity contribution is 6.07. The van der Waals surface area contributed by atoms with E-state index in [0.29, 0.717) is 11.4 Å². The molecule has 0 radical (unpaired) electrons. The molecule has 1 aliphatic rings. The third kappa shape index (κ3) is 5.21. The second kappa shape index (κ2) is 8.56. The Balaban J connectivity index is 1.62. The van der Waals surface area contributed by atoms with Crippen LogP contribution in [0.2, 0.25) is 0 Å². The van der Waals surface area contributed by atoms with Crippen molar-refractivity contribution in [1.82, 2.24) is 4.90 Å². The third-order valence-corrected chi connectivity index (χ3v) is 4.72. The lowest BCUT2D eigenvalue weighted by Crippen LogP contribution is -2.44. The van der Waals surface area contributed by atoms with Crippen LogP contribution in [0, 0.1) is 5.41 Å². The van der Waals surface area contributed by atoms with Gasteiger partial charge in [0.2, 0.25) is 0 Å². The van der Waals surface area contributed by atoms with Crippen molar-refractivity contribution in [3.8, 4) is 5.75 Å². The topological polar surface area (TPSA) is 76.6 Å². The molecule has 2 aromatic carbocycles. The van der Waals surface area contributed by atoms with E-state index < -0.39 is 0 Å². The monoisotopic (exact) mass is 362 g/mol. The second-order valence-electron chi connectivity index (χ2n) is 6.82. The van der Waals surface area contributed by atoms with Crippen molar-refractivity contribution in [2.24, 2.45) is 5.73 Å². The summed E-state index contributed by atoms with van der Waals surface area (Å²) in [4.78, 5) is 4.71. The minimum atomic E-state index is 0.234. The van der Waals surface area contributed by atoms with Gasteiger partial charge in [0.1, 0.15) is 5.75 Å². The smallest absolute Gasteiger partial charge is 0.115 e. The van der Waals surface area contributed by atoms with Gasteiger partial charge in [-0.1, -0.05) is 30.3 Å². The van der Waals surface area contributed by atoms with Gasteiger partial charge in [-0.05, 0) is 54.6 Å². The van der Waals surface area contributed by atoms with Crippen LogP contribution in [0.4, 0.5) is 5.69 Å². The van der Waals surface area contributed by atoms with Crippen molar-refractivity contribution < 1.29 is 5.11 Å². The number of rotatable bonds is 5. The van der Waals surface area contributed by atoms with E-state index in [1.165, 1.54) is 5.69 Å². The molecule has 27 heavy (non-hydrogen) atoms. The van der Waals surface area contributed by atoms with Crippen molar-refractivity contribution in [1.29, 1.82) is 5.41 Å². The van der Waals surface area contributed by atoms with Gasteiger partial charge in [-0.3, -0.25) is 0 Å². The zero-order valence-corrected chi connectivity index (χ0v) is 15.6. The first-order valence-corrected chi connectivity index (χ1v) is 9.08. The van der Waals surface area contributed by atoms with Crippen LogP contribution < -0.4 is 10.6 Å². The predicted octanol–water partition coefficient (Wildman–Crippen LogP) is 3.07. The molecule has 5 nitrogen and oxygen atoms in total. The Bertz CT molecular complexity index is 830. The van der Waals surface area contributed by atoms with Crippen LogP contribution >= 0.6 is 0 Å². The molecule has 1 heterocycles. The van der Waals surface area contributed by atoms with Gasteiger partial charge >= 0.3 is 0 Å². The average Bonchev–Trinajstić information content (AvgIpc) is 2.68. The molecule has 0 bridgehead atoms. The molecule has 4 N–H and O–H groups in total. The highest BCUT2D eigenvalue weighted by atomic mass is 16.3. The van der Waals surface area contributed by atoms with Crippen LogP contribution in [0.5, 0.6) is 5.75 Å². The molecular weight excluding hydrogens is 336 g/mol. The summed E-state index contributed by atoms with van der Waals surface area (Å²) in [6.45, 7) is 4.21. The van der Waals surface area contributed by atoms with Crippen molar-refractivity contribution in [2.45, 2.75) is 0 Å². The number of phenols is 1. The summed E-state index contributed by atoms with van der Waals surface area (Å²) in [6.07, 6.45) is 5.27. The first kappa shape index (κ1) is 18.7. The number of benzene rings is 2. The van der Waals surface area contributed by atoms with Gasteiger partial charge in [-0.15, -0.1) is 0 Å². The minimum Gasteiger partial charge on any atom is -0.508 e. The number of piperazine rings is 1. The summed E-state index contributed by atoms with van der Waals surface area (Å²) in [5, 5.41) is 17.6. The summed E-state index contributed by atoms with van der Waals surface area (Å²) >= 11 is 0. The Morgan fingerprint density at radius 3 is 2.26 bits per heavy atom. The number of nitrogens with two attached hydrogens (primary N) is 1. The number of aromatic hydroxyl groups is 1. The number of nitrogens with zero attached hydrogens (tertiary/aromatic N) is 2. The largest absolute Gasteiger partial charge is 0.508 e. The molecule has 5 heteroatoms. The van der Waals surface area contributed by atoms with Crippen molar-refractivity contribution in [2.75, 3.05) is 38.1 Å². The Hall–Kier alpha value is -3.05. The van der Waals surface area contributed by atoms with Gasteiger partial charge < -0.3 is 26.0 Å². The lowest BCUT2D eigenvalue weighted by Gasteiger charge is -2.34. The first-order chi connectivity index (χ1) is 13.0. The van der Waals surface area contributed by atoms with E-state index in [0.717, 1.165) is 37.3 Å². The van der Waals surface area contributed by atoms with Gasteiger partial charge in [0.25, 0.3) is 0 Å². The van der Waals surface area contributed by atoms with Crippen molar-refractivity contribution in [3.05, 3.63) is 77.5 Å². The van der Waals surface area contributed by atoms with E-state index in [2.05, 4.69) is 29.0 Å². The van der Waals surface area contributed by atoms with E-state index in [-0.39, 0.29) is 5.75 Å². The van der Waals surface area contributed by atoms with Gasteiger partial charge in [-0.2, -0.15) is 0 Å². The first-order valence-electron chi connectivity index (χ1n) is 9.08. The maximum Gasteiger partial charge on any atom is 0.115 e. The number of hydrogen-bond donors (Lipinski definition) is 3. The minimum absolute atomic E-state index is 0.234. The number of allylic oxidation sites excluding steroid dienone is 2. The molecule has 0 amide bonds. The SMILES string of the molecule is CN1CCN(c2ccc(C(=N)/C=C(N)/C=C/c3ccc(O)cc3)cc2)CC1. The molecule has 3 rings (SSSR count). The Labute approximate surface area is 160 Å². The highest BCUT2D eigenvalue weighted by Crippen LogP contribution is 2.18. The molecule has 0 aromatic heterocycles. The summed E-state index contributed by atoms with van der Waals surface area (Å²) in [5.41, 5.74) is 9.89. The van der Waals surface area contributed by atoms with E-state index in [1.807, 2.05) is 30.3 Å². The number of likely N-dealkylation sites (N-methyl/N-ethyl adjacent to an activating group) is 1. The molecule has 0 atom stereocenters. The summed E-state index contributed by atoms with van der Waals surface area (Å²) in [7, 11) is 2.15. The maximum atomic E-state index is 9.30. The highest BCUT2D eigenvalue weighted by Gasteiger charge is 2.14. The Kier molecular flexibility index (Phi) is 5.94. The molecule has 1 aliphatic heterocycles. The number of hydrogen-bond acceptors (Lipinski definition) is 5. The fourth-order valence-electron chi connectivity index (χ4n) is 2.99. The molecule has 1 saturated heterocycles. The number of anilines is 1. The second-order valence-corrected chi connectivity index (χ2v) is 6.82. The summed E-state index contributed by atoms with van der Waals surface area (Å²) in [5.74, 6) is 0.234. The van der Waals surface area contributed by atoms with Gasteiger partial charge in [0, 0.05) is 37.6 Å². The van der Waals surface area contributed by atoms with Crippen LogP contribution in [0.3, 0.4) is 0 Å². The molecule has 0 unspecified atom stereocenters. The van der Waals surface area contributed by atoms with E-state index in [9.17, 15) is 5.11 Å². The number of nitrogens with one attached hydrogen (secondary N) is 1. The molecule has 2 aromatic rings. The van der Waals surface area contributed by atoms with Crippen molar-refractivity contribution >= 4 is 17.5 Å². The molecule has 140 valence electrons. The van der Waals surface area contributed by atoms with E-state index >= 15 is 0 Å². The van der Waals surface area contributed by atoms with Gasteiger partial charge in [0.05, 0.1) is 5.71 Å². The van der Waals surface area contributed by atoms with E-state index in [1.54, 1.807) is 24.3 Å². The Morgan fingerprint density at radius 2 is 1.63 bits per heavy atom. The zero-order chi connectivity index (χ0) is 19.2. The van der Waals surface area contributed by atoms with Crippen LogP contribution in [0.1, 0.15) is 11.1 Å². The number of phenolic OH excluding ortho intramolecular Hbond substituents is 1. The maximum absolute atomic E-state index is 9.30. The summed E-state index contributed by atoms with van der Waals surface area (Å²) in [6, 6.07) is 15.0. The molecule has 0 saturated carbocycles. The summed E-state index contributed by atoms with van der Waals surface area (Å²) < 4.78 is 0. The molecule has 1 fully saturated rings. The molecular formula is C22H26N4O. The van der Waals surface area contributed by atoms with Crippen LogP contribution in [-0.4, -0.2) is 48.9 Å². The van der Waals surface area contributed by atoms with Crippen LogP contribution in [0.25, 0.3) is 6.08 Å². The molecule has 0 spiro atoms. The Morgan fingerprint density at radius 1 is 1.00 bits per heavy atom. The molecule has 0 aliphatic carbocycles. The fourth-order valence-corrected chi connectivity index (χ4v) is 2.99. The predicted molar refractivity (Wildman–Crippen MR) is 112 cm³/mol. The van der Waals surface area contributed by atoms with Crippen molar-refractivity contribution in [3.63, 3.8) is 0 Å². The quantitative estimate of drug-likeness (QED) is 0.564.